The van der Waals surface area contributed by atoms with Gasteiger partial charge in [0.15, 0.2) is 5.82 Å². The fourth-order valence-corrected chi connectivity index (χ4v) is 8.47. The molecule has 0 saturated carbocycles. The van der Waals surface area contributed by atoms with E-state index in [2.05, 4.69) is 45.5 Å². The van der Waals surface area contributed by atoms with Gasteiger partial charge >= 0.3 is 0 Å². The number of benzene rings is 1. The highest BCUT2D eigenvalue weighted by atomic mass is 16.5. The van der Waals surface area contributed by atoms with Gasteiger partial charge in [-0.3, -0.25) is 24.2 Å². The molecule has 53 heavy (non-hydrogen) atoms. The fraction of sp³-hybridized carbons (Fsp3) is 0.425. The van der Waals surface area contributed by atoms with Gasteiger partial charge in [0.25, 0.3) is 11.5 Å². The third-order valence-electron chi connectivity index (χ3n) is 11.3. The lowest BCUT2D eigenvalue weighted by atomic mass is 9.87. The van der Waals surface area contributed by atoms with E-state index in [1.165, 1.54) is 21.9 Å². The van der Waals surface area contributed by atoms with Gasteiger partial charge in [-0.15, -0.1) is 0 Å². The Bertz CT molecular complexity index is 2180. The Balaban J connectivity index is 1.08. The molecular weight excluding hydrogens is 672 g/mol. The van der Waals surface area contributed by atoms with Crippen LogP contribution >= 0.6 is 0 Å². The first kappa shape index (κ1) is 34.9. The van der Waals surface area contributed by atoms with Crippen molar-refractivity contribution in [2.24, 2.45) is 12.5 Å². The SMILES string of the molecule is C=CC(=O)Nc1cc(Nc2nc(-c3ccnc(N4CCn5c(cc6c5CC(C)(C)C6)C4=O)c3CO)cn(C)c2=O)ccc1C1CCN(C2COC2)CC1. The highest BCUT2D eigenvalue weighted by molar-refractivity contribution is 6.06. The summed E-state index contributed by atoms with van der Waals surface area (Å²) in [5.74, 6) is 0.235. The molecule has 3 aromatic heterocycles. The standard InChI is InChI=1S/C40H46N8O5/c1-5-35(50)43-31-17-26(6-7-28(31)24-9-12-46(13-10-24)27-22-53-23-27)42-36-39(52)45(4)20-32(44-36)29-8-11-41-37(30(29)21-49)48-15-14-47-33(38(48)51)16-25-18-40(2,3)19-34(25)47/h5-8,11,16-17,20,24,27,49H,1,9-10,12-15,18-19,21-23H2,2-4H3,(H,42,44)(H,43,50). The largest absolute Gasteiger partial charge is 0.392 e. The second-order valence-electron chi connectivity index (χ2n) is 15.5. The molecule has 2 saturated heterocycles. The lowest BCUT2D eigenvalue weighted by Gasteiger charge is -2.41. The van der Waals surface area contributed by atoms with Crippen molar-refractivity contribution in [3.05, 3.63) is 93.8 Å². The van der Waals surface area contributed by atoms with E-state index in [4.69, 9.17) is 9.72 Å². The molecule has 276 valence electrons. The number of hydrogen-bond acceptors (Lipinski definition) is 9. The number of anilines is 4. The number of aromatic nitrogens is 4. The molecule has 0 spiro atoms. The van der Waals surface area contributed by atoms with Crippen LogP contribution in [0.25, 0.3) is 11.3 Å². The number of aliphatic hydroxyl groups is 1. The lowest BCUT2D eigenvalue weighted by molar-refractivity contribution is -0.111. The molecule has 4 aliphatic rings. The van der Waals surface area contributed by atoms with Crippen molar-refractivity contribution in [3.8, 4) is 11.3 Å². The van der Waals surface area contributed by atoms with E-state index in [9.17, 15) is 19.5 Å². The number of nitrogens with one attached hydrogen (secondary N) is 2. The molecule has 8 rings (SSSR count). The fourth-order valence-electron chi connectivity index (χ4n) is 8.47. The van der Waals surface area contributed by atoms with Gasteiger partial charge in [-0.25, -0.2) is 9.97 Å². The van der Waals surface area contributed by atoms with Gasteiger partial charge in [-0.2, -0.15) is 0 Å². The number of likely N-dealkylation sites (tertiary alicyclic amines) is 1. The molecule has 0 radical (unpaired) electrons. The van der Waals surface area contributed by atoms with Crippen LogP contribution in [0, 0.1) is 5.41 Å². The first-order chi connectivity index (χ1) is 25.5. The van der Waals surface area contributed by atoms with Crippen LogP contribution in [0.2, 0.25) is 0 Å². The number of ether oxygens (including phenoxy) is 1. The average Bonchev–Trinajstić information content (AvgIpc) is 3.61. The Labute approximate surface area is 308 Å². The number of hydrogen-bond donors (Lipinski definition) is 3. The van der Waals surface area contributed by atoms with E-state index in [1.807, 2.05) is 24.3 Å². The van der Waals surface area contributed by atoms with E-state index in [0.29, 0.717) is 58.8 Å². The van der Waals surface area contributed by atoms with E-state index >= 15 is 0 Å². The van der Waals surface area contributed by atoms with Crippen LogP contribution in [0.3, 0.4) is 0 Å². The first-order valence-corrected chi connectivity index (χ1v) is 18.4. The van der Waals surface area contributed by atoms with Gasteiger partial charge in [-0.05, 0) is 91.6 Å². The lowest BCUT2D eigenvalue weighted by Crippen LogP contribution is -2.51. The van der Waals surface area contributed by atoms with Crippen LogP contribution in [0.5, 0.6) is 0 Å². The molecule has 4 aromatic rings. The second kappa shape index (κ2) is 13.7. The summed E-state index contributed by atoms with van der Waals surface area (Å²) in [5, 5.41) is 16.9. The molecule has 3 aliphatic heterocycles. The number of piperidine rings is 1. The summed E-state index contributed by atoms with van der Waals surface area (Å²) >= 11 is 0. The monoisotopic (exact) mass is 718 g/mol. The van der Waals surface area contributed by atoms with Gasteiger partial charge in [0.1, 0.15) is 11.5 Å². The Kier molecular flexibility index (Phi) is 9.04. The Morgan fingerprint density at radius 1 is 1.09 bits per heavy atom. The van der Waals surface area contributed by atoms with E-state index in [0.717, 1.165) is 57.6 Å². The molecule has 1 aliphatic carbocycles. The highest BCUT2D eigenvalue weighted by Crippen LogP contribution is 2.40. The zero-order valence-electron chi connectivity index (χ0n) is 30.5. The molecule has 13 heteroatoms. The van der Waals surface area contributed by atoms with E-state index in [1.54, 1.807) is 30.4 Å². The quantitative estimate of drug-likeness (QED) is 0.215. The van der Waals surface area contributed by atoms with Crippen LogP contribution in [-0.2, 0) is 42.6 Å². The van der Waals surface area contributed by atoms with Crippen LogP contribution < -0.4 is 21.1 Å². The van der Waals surface area contributed by atoms with Crippen molar-refractivity contribution < 1.29 is 19.4 Å². The third-order valence-corrected chi connectivity index (χ3v) is 11.3. The number of pyridine rings is 1. The molecule has 13 nitrogen and oxygen atoms in total. The minimum absolute atomic E-state index is 0.0707. The molecule has 3 N–H and O–H groups in total. The minimum Gasteiger partial charge on any atom is -0.392 e. The van der Waals surface area contributed by atoms with Crippen LogP contribution in [0.15, 0.2) is 60.2 Å². The third kappa shape index (κ3) is 6.47. The number of carbonyl (C=O) groups excluding carboxylic acids is 2. The summed E-state index contributed by atoms with van der Waals surface area (Å²) in [6.45, 7) is 12.3. The predicted molar refractivity (Wildman–Crippen MR) is 203 cm³/mol. The van der Waals surface area contributed by atoms with Gasteiger partial charge < -0.3 is 29.6 Å². The molecule has 6 heterocycles. The summed E-state index contributed by atoms with van der Waals surface area (Å²) in [7, 11) is 1.64. The topological polar surface area (TPSA) is 147 Å². The minimum atomic E-state index is -0.386. The number of aliphatic hydroxyl groups excluding tert-OH is 1. The summed E-state index contributed by atoms with van der Waals surface area (Å²) in [4.78, 5) is 53.3. The van der Waals surface area contributed by atoms with Gasteiger partial charge in [0.2, 0.25) is 5.91 Å². The second-order valence-corrected chi connectivity index (χ2v) is 15.5. The number of fused-ring (bicyclic) bond motifs is 3. The zero-order chi connectivity index (χ0) is 37.0. The number of nitrogens with zero attached hydrogens (tertiary/aromatic N) is 6. The van der Waals surface area contributed by atoms with Gasteiger partial charge in [0, 0.05) is 60.7 Å². The number of rotatable bonds is 9. The zero-order valence-corrected chi connectivity index (χ0v) is 30.5. The van der Waals surface area contributed by atoms with Crippen molar-refractivity contribution in [3.63, 3.8) is 0 Å². The number of aryl methyl sites for hydroxylation is 1. The van der Waals surface area contributed by atoms with Crippen molar-refractivity contribution >= 4 is 34.8 Å². The van der Waals surface area contributed by atoms with E-state index in [-0.39, 0.29) is 41.1 Å². The first-order valence-electron chi connectivity index (χ1n) is 18.4. The number of carbonyl (C=O) groups is 2. The predicted octanol–water partition coefficient (Wildman–Crippen LogP) is 4.37. The van der Waals surface area contributed by atoms with Crippen LogP contribution in [0.4, 0.5) is 23.0 Å². The molecule has 0 unspecified atom stereocenters. The maximum atomic E-state index is 13.9. The highest BCUT2D eigenvalue weighted by Gasteiger charge is 2.38. The maximum absolute atomic E-state index is 13.9. The molecule has 1 aromatic carbocycles. The average molecular weight is 719 g/mol. The number of amides is 2. The van der Waals surface area contributed by atoms with Crippen LogP contribution in [0.1, 0.15) is 65.5 Å². The van der Waals surface area contributed by atoms with Crippen molar-refractivity contribution in [2.75, 3.05) is 48.4 Å². The molecule has 2 fully saturated rings. The summed E-state index contributed by atoms with van der Waals surface area (Å²) in [5.41, 5.74) is 6.63. The van der Waals surface area contributed by atoms with Gasteiger partial charge in [-0.1, -0.05) is 26.5 Å². The summed E-state index contributed by atoms with van der Waals surface area (Å²) in [6, 6.07) is 9.98. The molecular formula is C40H46N8O5. The normalized spacial score (nSPS) is 18.7. The van der Waals surface area contributed by atoms with Crippen molar-refractivity contribution in [1.29, 1.82) is 0 Å². The smallest absolute Gasteiger partial charge is 0.293 e. The summed E-state index contributed by atoms with van der Waals surface area (Å²) in [6.07, 6.45) is 8.25. The Morgan fingerprint density at radius 2 is 1.89 bits per heavy atom. The molecule has 0 atom stereocenters. The van der Waals surface area contributed by atoms with Crippen LogP contribution in [-0.4, -0.2) is 79.8 Å². The van der Waals surface area contributed by atoms with E-state index < -0.39 is 0 Å². The Hall–Kier alpha value is -5.11. The van der Waals surface area contributed by atoms with Crippen molar-refractivity contribution in [1.82, 2.24) is 24.0 Å². The summed E-state index contributed by atoms with van der Waals surface area (Å²) < 4.78 is 8.97. The molecule has 0 bridgehead atoms. The Morgan fingerprint density at radius 3 is 2.60 bits per heavy atom. The molecule has 2 amide bonds. The van der Waals surface area contributed by atoms with Crippen molar-refractivity contribution in [2.45, 2.75) is 64.6 Å². The maximum Gasteiger partial charge on any atom is 0.293 e. The van der Waals surface area contributed by atoms with Gasteiger partial charge in [0.05, 0.1) is 31.6 Å².